The van der Waals surface area contributed by atoms with Crippen molar-refractivity contribution in [3.8, 4) is 0 Å². The number of nitrogens with one attached hydrogen (secondary N) is 2. The number of hydrogen-bond donors (Lipinski definition) is 3. The number of hydrogen-bond acceptors (Lipinski definition) is 6. The Morgan fingerprint density at radius 1 is 1.23 bits per heavy atom. The molecule has 0 bridgehead atoms. The lowest BCUT2D eigenvalue weighted by atomic mass is 9.77. The fraction of sp³-hybridized carbons (Fsp3) is 0.381. The Morgan fingerprint density at radius 3 is 2.57 bits per heavy atom. The zero-order valence-electron chi connectivity index (χ0n) is 17.1. The molecule has 9 heteroatoms. The number of aromatic carboxylic acids is 1. The average Bonchev–Trinajstić information content (AvgIpc) is 2.98. The molecule has 1 aromatic rings. The summed E-state index contributed by atoms with van der Waals surface area (Å²) in [7, 11) is 0. The molecule has 1 fully saturated rings. The van der Waals surface area contributed by atoms with Gasteiger partial charge in [-0.3, -0.25) is 9.59 Å². The molecule has 2 aliphatic rings. The number of carbonyl (C=O) groups excluding carboxylic acids is 2. The van der Waals surface area contributed by atoms with E-state index in [2.05, 4.69) is 41.6 Å². The maximum Gasteiger partial charge on any atom is 0.335 e. The molecule has 0 saturated carbocycles. The van der Waals surface area contributed by atoms with Gasteiger partial charge in [0, 0.05) is 12.1 Å². The van der Waals surface area contributed by atoms with E-state index >= 15 is 0 Å². The van der Waals surface area contributed by atoms with Gasteiger partial charge in [-0.25, -0.2) is 4.79 Å². The molecule has 8 nitrogen and oxygen atoms in total. The number of carboxylic acids is 1. The molecule has 0 spiro atoms. The molecule has 0 unspecified atom stereocenters. The highest BCUT2D eigenvalue weighted by Gasteiger charge is 2.32. The summed E-state index contributed by atoms with van der Waals surface area (Å²) < 4.78 is 0. The Bertz CT molecular complexity index is 964. The van der Waals surface area contributed by atoms with Crippen LogP contribution in [0.15, 0.2) is 46.1 Å². The van der Waals surface area contributed by atoms with E-state index in [1.54, 1.807) is 0 Å². The maximum absolute atomic E-state index is 12.3. The van der Waals surface area contributed by atoms with Crippen molar-refractivity contribution in [2.45, 2.75) is 45.3 Å². The van der Waals surface area contributed by atoms with Gasteiger partial charge < -0.3 is 15.7 Å². The molecule has 30 heavy (non-hydrogen) atoms. The summed E-state index contributed by atoms with van der Waals surface area (Å²) in [6.07, 6.45) is 3.83. The van der Waals surface area contributed by atoms with Crippen molar-refractivity contribution in [1.82, 2.24) is 5.32 Å². The number of rotatable bonds is 5. The number of carbonyl (C=O) groups is 3. The summed E-state index contributed by atoms with van der Waals surface area (Å²) in [6, 6.07) is 5.82. The van der Waals surface area contributed by atoms with Crippen LogP contribution in [0.2, 0.25) is 0 Å². The number of amidine groups is 1. The van der Waals surface area contributed by atoms with Crippen LogP contribution in [-0.4, -0.2) is 39.0 Å². The van der Waals surface area contributed by atoms with Crippen molar-refractivity contribution in [1.29, 1.82) is 0 Å². The Morgan fingerprint density at radius 2 is 1.93 bits per heavy atom. The highest BCUT2D eigenvalue weighted by atomic mass is 32.2. The molecule has 158 valence electrons. The van der Waals surface area contributed by atoms with Crippen LogP contribution >= 0.6 is 11.8 Å². The third-order valence-corrected chi connectivity index (χ3v) is 5.73. The van der Waals surface area contributed by atoms with E-state index in [0.717, 1.165) is 18.6 Å². The average molecular weight is 429 g/mol. The highest BCUT2D eigenvalue weighted by Crippen LogP contribution is 2.34. The van der Waals surface area contributed by atoms with Crippen LogP contribution in [0.4, 0.5) is 5.69 Å². The third-order valence-electron chi connectivity index (χ3n) is 4.66. The molecule has 1 heterocycles. The number of anilines is 1. The van der Waals surface area contributed by atoms with Crippen LogP contribution in [0, 0.1) is 5.41 Å². The Kier molecular flexibility index (Phi) is 6.40. The molecule has 1 aliphatic carbocycles. The SMILES string of the molecule is CC1=C/C(=N/N=C2\NC(=O)[C@@H](CC(=O)Nc3ccc(C(=O)O)cc3)S2)CC(C)(C)C1. The largest absolute Gasteiger partial charge is 0.478 e. The van der Waals surface area contributed by atoms with Gasteiger partial charge in [-0.15, -0.1) is 5.10 Å². The Hall–Kier alpha value is -2.94. The first-order valence-electron chi connectivity index (χ1n) is 9.54. The van der Waals surface area contributed by atoms with Gasteiger partial charge >= 0.3 is 5.97 Å². The Labute approximate surface area is 178 Å². The zero-order valence-corrected chi connectivity index (χ0v) is 17.9. The number of carboxylic acid groups (broad SMARTS) is 1. The van der Waals surface area contributed by atoms with Crippen LogP contribution in [-0.2, 0) is 9.59 Å². The van der Waals surface area contributed by atoms with Gasteiger partial charge in [0.15, 0.2) is 5.17 Å². The molecular weight excluding hydrogens is 404 g/mol. The predicted octanol–water partition coefficient (Wildman–Crippen LogP) is 3.42. The van der Waals surface area contributed by atoms with Gasteiger partial charge in [0.05, 0.1) is 11.3 Å². The first-order chi connectivity index (χ1) is 14.1. The zero-order chi connectivity index (χ0) is 21.9. The van der Waals surface area contributed by atoms with Crippen LogP contribution < -0.4 is 10.6 Å². The summed E-state index contributed by atoms with van der Waals surface area (Å²) >= 11 is 1.18. The molecule has 1 aromatic carbocycles. The van der Waals surface area contributed by atoms with Crippen molar-refractivity contribution in [3.63, 3.8) is 0 Å². The van der Waals surface area contributed by atoms with Gasteiger partial charge in [0.25, 0.3) is 0 Å². The smallest absolute Gasteiger partial charge is 0.335 e. The van der Waals surface area contributed by atoms with E-state index in [1.165, 1.54) is 41.6 Å². The van der Waals surface area contributed by atoms with Crippen LogP contribution in [0.1, 0.15) is 50.4 Å². The van der Waals surface area contributed by atoms with Gasteiger partial charge in [0.2, 0.25) is 11.8 Å². The molecule has 0 radical (unpaired) electrons. The number of amides is 2. The lowest BCUT2D eigenvalue weighted by molar-refractivity contribution is -0.122. The molecule has 0 aromatic heterocycles. The summed E-state index contributed by atoms with van der Waals surface area (Å²) in [5, 5.41) is 22.5. The van der Waals surface area contributed by atoms with Crippen molar-refractivity contribution < 1.29 is 19.5 Å². The fourth-order valence-electron chi connectivity index (χ4n) is 3.53. The quantitative estimate of drug-likeness (QED) is 0.621. The first-order valence-corrected chi connectivity index (χ1v) is 10.4. The Balaban J connectivity index is 1.58. The molecule has 1 saturated heterocycles. The van der Waals surface area contributed by atoms with Gasteiger partial charge in [-0.2, -0.15) is 5.10 Å². The summed E-state index contributed by atoms with van der Waals surface area (Å²) in [4.78, 5) is 35.3. The van der Waals surface area contributed by atoms with Crippen molar-refractivity contribution in [2.24, 2.45) is 15.6 Å². The van der Waals surface area contributed by atoms with Crippen molar-refractivity contribution >= 4 is 46.1 Å². The molecule has 3 N–H and O–H groups in total. The summed E-state index contributed by atoms with van der Waals surface area (Å²) in [5.41, 5.74) is 2.85. The minimum Gasteiger partial charge on any atom is -0.478 e. The lowest BCUT2D eigenvalue weighted by Gasteiger charge is -2.28. The summed E-state index contributed by atoms with van der Waals surface area (Å²) in [6.45, 7) is 6.43. The standard InChI is InChI=1S/C21H24N4O4S/c1-12-8-15(11-21(2,3)10-12)24-25-20-23-18(27)16(30-20)9-17(26)22-14-6-4-13(5-7-14)19(28)29/h4-8,16H,9-11H2,1-3H3,(H,22,26)(H,28,29)(H,23,25,27)/b24-15-/t16-/m1/s1. The van der Waals surface area contributed by atoms with E-state index in [-0.39, 0.29) is 29.2 Å². The molecule has 1 aliphatic heterocycles. The fourth-order valence-corrected chi connectivity index (χ4v) is 4.45. The van der Waals surface area contributed by atoms with Crippen LogP contribution in [0.3, 0.4) is 0 Å². The minimum absolute atomic E-state index is 0.0290. The molecule has 1 atom stereocenters. The highest BCUT2D eigenvalue weighted by molar-refractivity contribution is 8.15. The van der Waals surface area contributed by atoms with E-state index in [1.807, 2.05) is 6.08 Å². The minimum atomic E-state index is -1.04. The van der Waals surface area contributed by atoms with E-state index < -0.39 is 11.2 Å². The van der Waals surface area contributed by atoms with Gasteiger partial charge in [-0.1, -0.05) is 31.2 Å². The summed E-state index contributed by atoms with van der Waals surface area (Å²) in [5.74, 6) is -1.67. The van der Waals surface area contributed by atoms with Crippen molar-refractivity contribution in [2.75, 3.05) is 5.32 Å². The number of thioether (sulfide) groups is 1. The van der Waals surface area contributed by atoms with E-state index in [9.17, 15) is 14.4 Å². The maximum atomic E-state index is 12.3. The third kappa shape index (κ3) is 5.79. The molecule has 2 amide bonds. The second-order valence-corrected chi connectivity index (χ2v) is 9.43. The van der Waals surface area contributed by atoms with Crippen LogP contribution in [0.25, 0.3) is 0 Å². The molecule has 3 rings (SSSR count). The first kappa shape index (κ1) is 21.8. The number of nitrogens with zero attached hydrogens (tertiary/aromatic N) is 2. The second-order valence-electron chi connectivity index (χ2n) is 8.24. The second kappa shape index (κ2) is 8.83. The van der Waals surface area contributed by atoms with Gasteiger partial charge in [0.1, 0.15) is 5.25 Å². The number of benzene rings is 1. The molecular formula is C21H24N4O4S. The van der Waals surface area contributed by atoms with Crippen LogP contribution in [0.5, 0.6) is 0 Å². The predicted molar refractivity (Wildman–Crippen MR) is 118 cm³/mol. The lowest BCUT2D eigenvalue weighted by Crippen LogP contribution is -2.28. The topological polar surface area (TPSA) is 120 Å². The number of allylic oxidation sites excluding steroid dienone is 2. The van der Waals surface area contributed by atoms with Gasteiger partial charge in [-0.05, 0) is 55.5 Å². The normalized spacial score (nSPS) is 23.2. The van der Waals surface area contributed by atoms with E-state index in [4.69, 9.17) is 5.11 Å². The van der Waals surface area contributed by atoms with E-state index in [0.29, 0.717) is 10.9 Å². The monoisotopic (exact) mass is 428 g/mol. The van der Waals surface area contributed by atoms with Crippen molar-refractivity contribution in [3.05, 3.63) is 41.5 Å².